The summed E-state index contributed by atoms with van der Waals surface area (Å²) in [5, 5.41) is 0. The maximum atomic E-state index is 12.1. The van der Waals surface area contributed by atoms with Gasteiger partial charge in [-0.1, -0.05) is 234 Å². The van der Waals surface area contributed by atoms with Gasteiger partial charge in [0, 0.05) is 19.1 Å². The zero-order chi connectivity index (χ0) is 79.0. The average molecular weight is 1820 g/mol. The van der Waals surface area contributed by atoms with Crippen LogP contribution in [0.2, 0.25) is 0 Å². The van der Waals surface area contributed by atoms with E-state index in [-0.39, 0.29) is 97.5 Å². The van der Waals surface area contributed by atoms with Crippen LogP contribution in [0.5, 0.6) is 23.0 Å². The van der Waals surface area contributed by atoms with Gasteiger partial charge in [-0.25, -0.2) is 0 Å². The van der Waals surface area contributed by atoms with Gasteiger partial charge in [0.05, 0.1) is 32.7 Å². The third-order valence-electron chi connectivity index (χ3n) is 15.5. The number of hydrogen-bond donors (Lipinski definition) is 0. The molecule has 570 valence electrons. The fraction of sp³-hybridized carbons (Fsp3) is 0.165. The smallest absolute Gasteiger partial charge is 0.325 e. The molecule has 3 unspecified atom stereocenters. The molecule has 12 aromatic carbocycles. The summed E-state index contributed by atoms with van der Waals surface area (Å²) in [4.78, 5) is 60.7. The standard InChI is InChI=1S/C24H24BrO3S.C23H22BrO3S.2C22H20BrO3S/c1-18(28-23(26)24(2,3)25)27-19-11-10-16-22(17-19)29(20-12-6-4-7-13-20)21-14-8-5-9-15-21;1-23(2,24)22(25)27-17-26-18-10-9-15-21(16-18)28(19-11-5-3-6-12-19)20-13-7-4-8-14-20;1-17(23)22(24)26-16-25-20-14-8-9-15-21(20)27(18-10-4-2-5-11-18)19-12-6-3-7-13-19;1-17(23)22(24)26-16-25-18-12-14-21(15-13-18)27(19-8-4-2-5-9-19)20-10-6-3-7-11-20/h4-18H,1-3H3;3-16H,17H2,1-2H3;2*2-15,17H,16H2,1H3/q4*+1. The minimum absolute atomic E-state index is 0.1000. The van der Waals surface area contributed by atoms with Crippen LogP contribution >= 0.6 is 63.7 Å². The predicted molar refractivity (Wildman–Crippen MR) is 460 cm³/mol. The van der Waals surface area contributed by atoms with E-state index in [4.69, 9.17) is 37.9 Å². The Morgan fingerprint density at radius 3 is 0.964 bits per heavy atom. The zero-order valence-corrected chi connectivity index (χ0v) is 71.8. The molecule has 0 aliphatic heterocycles. The van der Waals surface area contributed by atoms with E-state index in [1.54, 1.807) is 48.5 Å². The van der Waals surface area contributed by atoms with Crippen LogP contribution in [-0.4, -0.2) is 68.8 Å². The fourth-order valence-corrected chi connectivity index (χ4v) is 19.2. The number of carbonyl (C=O) groups excluding carboxylic acids is 4. The Bertz CT molecular complexity index is 4630. The molecule has 111 heavy (non-hydrogen) atoms. The molecule has 20 heteroatoms. The monoisotopic (exact) mass is 1810 g/mol. The van der Waals surface area contributed by atoms with E-state index >= 15 is 0 Å². The van der Waals surface area contributed by atoms with Crippen LogP contribution in [-0.2, 0) is 81.7 Å². The molecule has 0 spiro atoms. The lowest BCUT2D eigenvalue weighted by Gasteiger charge is -2.20. The lowest BCUT2D eigenvalue weighted by Crippen LogP contribution is -2.32. The van der Waals surface area contributed by atoms with Crippen molar-refractivity contribution in [1.29, 1.82) is 0 Å². The minimum atomic E-state index is -0.750. The van der Waals surface area contributed by atoms with Gasteiger partial charge in [0.2, 0.25) is 31.6 Å². The van der Waals surface area contributed by atoms with Crippen LogP contribution in [0, 0.1) is 0 Å². The number of ether oxygens (including phenoxy) is 8. The van der Waals surface area contributed by atoms with E-state index in [0.717, 1.165) is 14.7 Å². The van der Waals surface area contributed by atoms with Crippen LogP contribution in [0.15, 0.2) is 398 Å². The van der Waals surface area contributed by atoms with Gasteiger partial charge in [-0.15, -0.1) is 0 Å². The number of alkyl halides is 4. The van der Waals surface area contributed by atoms with Crippen molar-refractivity contribution in [2.75, 3.05) is 20.4 Å². The fourth-order valence-electron chi connectivity index (χ4n) is 10.2. The number of rotatable bonds is 28. The molecule has 0 heterocycles. The Morgan fingerprint density at radius 1 is 0.306 bits per heavy atom. The van der Waals surface area contributed by atoms with Crippen molar-refractivity contribution >= 4 is 131 Å². The minimum Gasteiger partial charge on any atom is -0.457 e. The summed E-state index contributed by atoms with van der Waals surface area (Å²) in [6.45, 7) is 11.8. The van der Waals surface area contributed by atoms with Crippen molar-refractivity contribution in [3.8, 4) is 23.0 Å². The largest absolute Gasteiger partial charge is 0.457 e. The Hall–Kier alpha value is -8.96. The highest BCUT2D eigenvalue weighted by Crippen LogP contribution is 2.39. The molecule has 0 aliphatic rings. The summed E-state index contributed by atoms with van der Waals surface area (Å²) >= 11 is 13.0. The number of esters is 4. The Balaban J connectivity index is 0.000000170. The summed E-state index contributed by atoms with van der Waals surface area (Å²) in [5.74, 6) is 1.29. The summed E-state index contributed by atoms with van der Waals surface area (Å²) in [6.07, 6.45) is -0.690. The summed E-state index contributed by atoms with van der Waals surface area (Å²) in [6, 6.07) is 115. The first-order chi connectivity index (χ1) is 53.6. The number of halogens is 4. The molecule has 12 nitrogen and oxygen atoms in total. The second kappa shape index (κ2) is 44.3. The van der Waals surface area contributed by atoms with Crippen LogP contribution in [0.25, 0.3) is 0 Å². The van der Waals surface area contributed by atoms with Crippen molar-refractivity contribution in [2.24, 2.45) is 0 Å². The zero-order valence-electron chi connectivity index (χ0n) is 62.2. The van der Waals surface area contributed by atoms with Gasteiger partial charge in [-0.3, -0.25) is 19.2 Å². The van der Waals surface area contributed by atoms with Crippen molar-refractivity contribution in [3.05, 3.63) is 340 Å². The van der Waals surface area contributed by atoms with E-state index < -0.39 is 14.9 Å². The van der Waals surface area contributed by atoms with Gasteiger partial charge in [-0.05, 0) is 199 Å². The first-order valence-corrected chi connectivity index (χ1v) is 43.6. The van der Waals surface area contributed by atoms with Crippen molar-refractivity contribution in [3.63, 3.8) is 0 Å². The molecule has 0 bridgehead atoms. The SMILES string of the molecule is CC(Br)C(=O)OCOc1ccc([S+](c2ccccc2)c2ccccc2)cc1.CC(Br)C(=O)OCOc1ccccc1[S+](c1ccccc1)c1ccccc1.CC(C)(Br)C(=O)OCOc1cccc([S+](c2ccccc2)c2ccccc2)c1.CC(OC(=O)C(C)(C)Br)Oc1cccc([S+](c2ccccc2)c2ccccc2)c1. The number of para-hydroxylation sites is 1. The second-order valence-electron chi connectivity index (χ2n) is 25.0. The van der Waals surface area contributed by atoms with E-state index in [1.165, 1.54) is 44.1 Å². The Labute approximate surface area is 696 Å². The van der Waals surface area contributed by atoms with Gasteiger partial charge in [0.25, 0.3) is 0 Å². The van der Waals surface area contributed by atoms with Crippen LogP contribution < -0.4 is 18.9 Å². The average Bonchev–Trinajstić information content (AvgIpc) is 0.811. The summed E-state index contributed by atoms with van der Waals surface area (Å²) in [7, 11) is -1.02. The maximum Gasteiger partial charge on any atom is 0.325 e. The normalized spacial score (nSPS) is 11.8. The third-order valence-corrected chi connectivity index (χ3v) is 25.8. The van der Waals surface area contributed by atoms with E-state index in [1.807, 2.05) is 140 Å². The highest BCUT2D eigenvalue weighted by Gasteiger charge is 2.35. The molecule has 0 amide bonds. The summed E-state index contributed by atoms with van der Waals surface area (Å²) < 4.78 is 42.1. The van der Waals surface area contributed by atoms with E-state index in [2.05, 4.69) is 264 Å². The Morgan fingerprint density at radius 2 is 0.595 bits per heavy atom. The molecule has 12 aromatic rings. The predicted octanol–water partition coefficient (Wildman–Crippen LogP) is 22.9. The molecule has 12 rings (SSSR count). The first kappa shape index (κ1) is 86.0. The molecular formula is C91H86Br4O12S4+4. The van der Waals surface area contributed by atoms with Gasteiger partial charge in [-0.2, -0.15) is 0 Å². The number of carbonyl (C=O) groups is 4. The molecular weight excluding hydrogens is 1730 g/mol. The van der Waals surface area contributed by atoms with Crippen molar-refractivity contribution < 1.29 is 57.1 Å². The molecule has 0 radical (unpaired) electrons. The first-order valence-electron chi connectivity index (χ1n) is 35.3. The highest BCUT2D eigenvalue weighted by molar-refractivity contribution is 9.10. The van der Waals surface area contributed by atoms with Crippen molar-refractivity contribution in [2.45, 2.75) is 132 Å². The van der Waals surface area contributed by atoms with Crippen molar-refractivity contribution in [1.82, 2.24) is 0 Å². The lowest BCUT2D eigenvalue weighted by atomic mass is 10.2. The van der Waals surface area contributed by atoms with Gasteiger partial charge in [0.1, 0.15) is 46.4 Å². The number of hydrogen-bond acceptors (Lipinski definition) is 12. The van der Waals surface area contributed by atoms with E-state index in [9.17, 15) is 19.2 Å². The maximum absolute atomic E-state index is 12.1. The molecule has 3 atom stereocenters. The Kier molecular flexibility index (Phi) is 34.4. The van der Waals surface area contributed by atoms with Crippen LogP contribution in [0.4, 0.5) is 0 Å². The van der Waals surface area contributed by atoms with Gasteiger partial charge < -0.3 is 37.9 Å². The van der Waals surface area contributed by atoms with Crippen LogP contribution in [0.1, 0.15) is 48.5 Å². The third kappa shape index (κ3) is 27.4. The molecule has 0 aromatic heterocycles. The molecule has 0 saturated carbocycles. The molecule has 0 saturated heterocycles. The van der Waals surface area contributed by atoms with Gasteiger partial charge >= 0.3 is 23.9 Å². The molecule has 0 fully saturated rings. The summed E-state index contributed by atoms with van der Waals surface area (Å²) in [5.41, 5.74) is 0. The number of benzene rings is 12. The van der Waals surface area contributed by atoms with E-state index in [0.29, 0.717) is 23.0 Å². The topological polar surface area (TPSA) is 142 Å². The second-order valence-corrected chi connectivity index (χ2v) is 39.8. The quantitative estimate of drug-likeness (QED) is 0.0151. The highest BCUT2D eigenvalue weighted by atomic mass is 79.9. The van der Waals surface area contributed by atoms with Gasteiger partial charge in [0.15, 0.2) is 59.6 Å². The molecule has 0 N–H and O–H groups in total. The van der Waals surface area contributed by atoms with Crippen LogP contribution in [0.3, 0.4) is 0 Å². The molecule has 0 aliphatic carbocycles. The lowest BCUT2D eigenvalue weighted by molar-refractivity contribution is -0.163.